The molecule has 2 fully saturated rings. The molecule has 2 aromatic rings. The second kappa shape index (κ2) is 14.2. The lowest BCUT2D eigenvalue weighted by molar-refractivity contribution is -0.133. The molecule has 1 saturated heterocycles. The van der Waals surface area contributed by atoms with Gasteiger partial charge in [-0.15, -0.1) is 12.4 Å². The molecule has 0 spiro atoms. The Kier molecular flexibility index (Phi) is 11.2. The maximum atomic E-state index is 13.8. The normalized spacial score (nSPS) is 17.5. The summed E-state index contributed by atoms with van der Waals surface area (Å²) in [4.78, 5) is 43.1. The first-order valence-electron chi connectivity index (χ1n) is 14.3. The number of carbonyl (C=O) groups excluding carboxylic acids is 3. The van der Waals surface area contributed by atoms with Gasteiger partial charge >= 0.3 is 12.1 Å². The van der Waals surface area contributed by atoms with Crippen molar-refractivity contribution in [2.45, 2.75) is 77.5 Å². The van der Waals surface area contributed by atoms with Gasteiger partial charge in [0, 0.05) is 31.4 Å². The summed E-state index contributed by atoms with van der Waals surface area (Å²) in [6, 6.07) is 12.0. The Balaban J connectivity index is 0.00000484. The number of aliphatic hydroxyl groups excluding tert-OH is 1. The number of anilines is 2. The highest BCUT2D eigenvalue weighted by Gasteiger charge is 2.53. The lowest BCUT2D eigenvalue weighted by atomic mass is 10.0. The van der Waals surface area contributed by atoms with E-state index in [2.05, 4.69) is 16.0 Å². The number of aliphatic hydroxyl groups is 1. The van der Waals surface area contributed by atoms with Crippen molar-refractivity contribution in [2.24, 2.45) is 5.92 Å². The third-order valence-electron chi connectivity index (χ3n) is 8.03. The molecule has 1 aliphatic heterocycles. The number of urea groups is 2. The van der Waals surface area contributed by atoms with E-state index in [0.717, 1.165) is 30.4 Å². The highest BCUT2D eigenvalue weighted by atomic mass is 35.5. The Hall–Kier alpha value is -3.34. The topological polar surface area (TPSA) is 123 Å². The number of nitrogens with zero attached hydrogens (tertiary/aromatic N) is 2. The van der Waals surface area contributed by atoms with Crippen molar-refractivity contribution in [3.63, 3.8) is 0 Å². The smallest absolute Gasteiger partial charge is 0.328 e. The van der Waals surface area contributed by atoms with Crippen molar-refractivity contribution >= 4 is 41.8 Å². The van der Waals surface area contributed by atoms with Crippen LogP contribution in [0.25, 0.3) is 0 Å². The number of carbonyl (C=O) groups is 3. The van der Waals surface area contributed by atoms with Crippen LogP contribution in [0.3, 0.4) is 0 Å². The van der Waals surface area contributed by atoms with Gasteiger partial charge in [-0.05, 0) is 75.8 Å². The fourth-order valence-corrected chi connectivity index (χ4v) is 5.21. The van der Waals surface area contributed by atoms with E-state index in [0.29, 0.717) is 36.0 Å². The SMILES string of the molecule is COc1cc(CN2C(=O)N([C@H](CN[C@H](C)CCO)CC3CC3)C(=O)C2(C)C)ccc1NC(=O)Nc1ccccc1C.Cl. The van der Waals surface area contributed by atoms with Crippen LogP contribution in [0.15, 0.2) is 42.5 Å². The number of aryl methyl sites for hydroxylation is 1. The second-order valence-electron chi connectivity index (χ2n) is 11.7. The molecule has 4 N–H and O–H groups in total. The van der Waals surface area contributed by atoms with E-state index in [9.17, 15) is 19.5 Å². The second-order valence-corrected chi connectivity index (χ2v) is 11.7. The molecular formula is C31H44ClN5O5. The van der Waals surface area contributed by atoms with Crippen LogP contribution in [0.4, 0.5) is 21.0 Å². The van der Waals surface area contributed by atoms with Gasteiger partial charge in [-0.25, -0.2) is 9.59 Å². The van der Waals surface area contributed by atoms with E-state index in [1.54, 1.807) is 30.9 Å². The van der Waals surface area contributed by atoms with E-state index in [1.165, 1.54) is 12.0 Å². The van der Waals surface area contributed by atoms with Gasteiger partial charge in [0.25, 0.3) is 5.91 Å². The molecule has 5 amide bonds. The van der Waals surface area contributed by atoms with Gasteiger partial charge < -0.3 is 30.7 Å². The molecule has 2 aliphatic rings. The van der Waals surface area contributed by atoms with E-state index in [4.69, 9.17) is 4.74 Å². The molecule has 11 heteroatoms. The lowest BCUT2D eigenvalue weighted by Crippen LogP contribution is -2.49. The highest BCUT2D eigenvalue weighted by molar-refractivity contribution is 6.07. The molecule has 10 nitrogen and oxygen atoms in total. The highest BCUT2D eigenvalue weighted by Crippen LogP contribution is 2.38. The predicted molar refractivity (Wildman–Crippen MR) is 166 cm³/mol. The first-order valence-corrected chi connectivity index (χ1v) is 14.3. The summed E-state index contributed by atoms with van der Waals surface area (Å²) >= 11 is 0. The van der Waals surface area contributed by atoms with E-state index in [1.807, 2.05) is 44.2 Å². The van der Waals surface area contributed by atoms with Gasteiger partial charge in [0.05, 0.1) is 18.8 Å². The Morgan fingerprint density at radius 2 is 1.81 bits per heavy atom. The number of amides is 5. The van der Waals surface area contributed by atoms with Crippen molar-refractivity contribution in [3.8, 4) is 5.75 Å². The van der Waals surface area contributed by atoms with E-state index < -0.39 is 11.6 Å². The Labute approximate surface area is 254 Å². The van der Waals surface area contributed by atoms with Crippen LogP contribution in [0.2, 0.25) is 0 Å². The van der Waals surface area contributed by atoms with Crippen LogP contribution < -0.4 is 20.7 Å². The molecule has 0 radical (unpaired) electrons. The molecule has 1 saturated carbocycles. The summed E-state index contributed by atoms with van der Waals surface area (Å²) in [5.41, 5.74) is 1.90. The van der Waals surface area contributed by atoms with Crippen molar-refractivity contribution in [2.75, 3.05) is 30.9 Å². The molecule has 0 unspecified atom stereocenters. The van der Waals surface area contributed by atoms with Gasteiger partial charge in [-0.2, -0.15) is 0 Å². The van der Waals surface area contributed by atoms with E-state index >= 15 is 0 Å². The molecule has 0 bridgehead atoms. The van der Waals surface area contributed by atoms with Crippen LogP contribution in [0.5, 0.6) is 5.75 Å². The Morgan fingerprint density at radius 3 is 2.45 bits per heavy atom. The molecular weight excluding hydrogens is 558 g/mol. The third kappa shape index (κ3) is 7.73. The van der Waals surface area contributed by atoms with Gasteiger partial charge in [0.1, 0.15) is 11.3 Å². The minimum atomic E-state index is -1.02. The number of methoxy groups -OCH3 is 1. The van der Waals surface area contributed by atoms with Crippen LogP contribution >= 0.6 is 12.4 Å². The maximum absolute atomic E-state index is 13.8. The summed E-state index contributed by atoms with van der Waals surface area (Å²) in [5, 5.41) is 18.3. The molecule has 1 aliphatic carbocycles. The van der Waals surface area contributed by atoms with Crippen molar-refractivity contribution in [1.29, 1.82) is 0 Å². The summed E-state index contributed by atoms with van der Waals surface area (Å²) in [5.74, 6) is 0.770. The quantitative estimate of drug-likeness (QED) is 0.236. The molecule has 2 atom stereocenters. The minimum absolute atomic E-state index is 0. The standard InChI is InChI=1S/C31H43N5O5.ClH/c1-20-8-6-7-9-25(20)33-29(39)34-26-13-12-23(17-27(26)41-5)19-35-30(40)36(28(38)31(35,3)4)24(16-22-10-11-22)18-32-21(2)14-15-37;/h6-9,12-13,17,21-22,24,32,37H,10-11,14-16,18-19H2,1-5H3,(H2,33,34,39);1H/t21-,24+;/m1./s1. The molecule has 1 heterocycles. The molecule has 42 heavy (non-hydrogen) atoms. The average Bonchev–Trinajstić information content (AvgIpc) is 3.73. The molecule has 2 aromatic carbocycles. The fraction of sp³-hybridized carbons (Fsp3) is 0.516. The Bertz CT molecular complexity index is 1270. The third-order valence-corrected chi connectivity index (χ3v) is 8.03. The Morgan fingerprint density at radius 1 is 1.12 bits per heavy atom. The summed E-state index contributed by atoms with van der Waals surface area (Å²) in [6.45, 7) is 8.27. The zero-order chi connectivity index (χ0) is 29.7. The zero-order valence-electron chi connectivity index (χ0n) is 25.1. The number of rotatable bonds is 13. The van der Waals surface area contributed by atoms with Crippen LogP contribution in [-0.4, -0.2) is 70.8 Å². The summed E-state index contributed by atoms with van der Waals surface area (Å²) in [7, 11) is 1.52. The van der Waals surface area contributed by atoms with Gasteiger partial charge in [0.2, 0.25) is 0 Å². The van der Waals surface area contributed by atoms with Gasteiger partial charge in [0.15, 0.2) is 0 Å². The number of ether oxygens (including phenoxy) is 1. The van der Waals surface area contributed by atoms with Gasteiger partial charge in [-0.1, -0.05) is 37.1 Å². The number of hydrogen-bond acceptors (Lipinski definition) is 6. The maximum Gasteiger partial charge on any atom is 0.328 e. The number of nitrogens with one attached hydrogen (secondary N) is 3. The fourth-order valence-electron chi connectivity index (χ4n) is 5.21. The molecule has 4 rings (SSSR count). The monoisotopic (exact) mass is 601 g/mol. The van der Waals surface area contributed by atoms with E-state index in [-0.39, 0.29) is 49.6 Å². The number of halogens is 1. The number of imide groups is 1. The average molecular weight is 602 g/mol. The minimum Gasteiger partial charge on any atom is -0.495 e. The molecule has 230 valence electrons. The predicted octanol–water partition coefficient (Wildman–Crippen LogP) is 5.14. The van der Waals surface area contributed by atoms with Crippen molar-refractivity contribution < 1.29 is 24.2 Å². The largest absolute Gasteiger partial charge is 0.495 e. The number of benzene rings is 2. The molecule has 0 aromatic heterocycles. The van der Waals surface area contributed by atoms with Crippen LogP contribution in [0, 0.1) is 12.8 Å². The number of hydrogen-bond donors (Lipinski definition) is 4. The van der Waals surface area contributed by atoms with Crippen LogP contribution in [0.1, 0.15) is 57.6 Å². The van der Waals surface area contributed by atoms with Crippen molar-refractivity contribution in [3.05, 3.63) is 53.6 Å². The summed E-state index contributed by atoms with van der Waals surface area (Å²) in [6.07, 6.45) is 3.62. The first-order chi connectivity index (χ1) is 19.5. The zero-order valence-corrected chi connectivity index (χ0v) is 25.9. The van der Waals surface area contributed by atoms with Gasteiger partial charge in [-0.3, -0.25) is 9.69 Å². The number of para-hydroxylation sites is 1. The summed E-state index contributed by atoms with van der Waals surface area (Å²) < 4.78 is 5.56. The lowest BCUT2D eigenvalue weighted by Gasteiger charge is -2.28. The first kappa shape index (κ1) is 33.2. The van der Waals surface area contributed by atoms with Crippen molar-refractivity contribution in [1.82, 2.24) is 15.1 Å². The van der Waals surface area contributed by atoms with Crippen LogP contribution in [-0.2, 0) is 11.3 Å².